The van der Waals surface area contributed by atoms with Gasteiger partial charge in [-0.25, -0.2) is 21.6 Å². The third-order valence-electron chi connectivity index (χ3n) is 3.77. The Labute approximate surface area is 155 Å². The molecule has 5 nitrogen and oxygen atoms in total. The van der Waals surface area contributed by atoms with Gasteiger partial charge in [-0.2, -0.15) is 0 Å². The van der Waals surface area contributed by atoms with Gasteiger partial charge in [0, 0.05) is 5.39 Å². The summed E-state index contributed by atoms with van der Waals surface area (Å²) in [6, 6.07) is 9.92. The number of ether oxygens (including phenoxy) is 1. The molecule has 132 valence electrons. The quantitative estimate of drug-likeness (QED) is 0.507. The van der Waals surface area contributed by atoms with Crippen molar-refractivity contribution in [3.8, 4) is 0 Å². The lowest BCUT2D eigenvalue weighted by molar-refractivity contribution is 0.0520. The third-order valence-corrected chi connectivity index (χ3v) is 5.79. The lowest BCUT2D eigenvalue weighted by Gasteiger charge is -2.12. The molecule has 0 saturated carbocycles. The number of carbonyl (C=O) groups is 1. The Morgan fingerprint density at radius 3 is 2.50 bits per heavy atom. The number of nitrogens with zero attached hydrogens (tertiary/aromatic N) is 1. The van der Waals surface area contributed by atoms with E-state index >= 15 is 0 Å². The first-order valence-corrected chi connectivity index (χ1v) is 9.38. The monoisotopic (exact) mass is 391 g/mol. The van der Waals surface area contributed by atoms with E-state index in [1.54, 1.807) is 13.0 Å². The van der Waals surface area contributed by atoms with Gasteiger partial charge in [-0.3, -0.25) is 0 Å². The Bertz CT molecular complexity index is 1110. The van der Waals surface area contributed by atoms with E-state index in [4.69, 9.17) is 24.2 Å². The largest absolute Gasteiger partial charge is 0.461 e. The molecule has 3 aromatic rings. The number of hydrogen-bond donors (Lipinski definition) is 0. The molecular formula is C17H12BClFNO4S. The van der Waals surface area contributed by atoms with Crippen molar-refractivity contribution in [2.75, 3.05) is 6.61 Å². The number of halogens is 2. The summed E-state index contributed by atoms with van der Waals surface area (Å²) in [6.07, 6.45) is 0. The highest BCUT2D eigenvalue weighted by molar-refractivity contribution is 7.90. The molecule has 0 aliphatic rings. The van der Waals surface area contributed by atoms with Gasteiger partial charge in [0.1, 0.15) is 13.5 Å². The maximum atomic E-state index is 14.5. The number of carbonyl (C=O) groups excluding carboxylic acids is 1. The predicted molar refractivity (Wildman–Crippen MR) is 97.3 cm³/mol. The van der Waals surface area contributed by atoms with Gasteiger partial charge in [0.25, 0.3) is 10.0 Å². The first-order valence-electron chi connectivity index (χ1n) is 7.56. The topological polar surface area (TPSA) is 65.4 Å². The maximum Gasteiger partial charge on any atom is 0.355 e. The Morgan fingerprint density at radius 2 is 1.88 bits per heavy atom. The Balaban J connectivity index is 2.46. The summed E-state index contributed by atoms with van der Waals surface area (Å²) < 4.78 is 46.4. The molecule has 1 aromatic heterocycles. The Morgan fingerprint density at radius 1 is 1.23 bits per heavy atom. The van der Waals surface area contributed by atoms with E-state index in [1.165, 1.54) is 36.4 Å². The molecule has 9 heteroatoms. The first kappa shape index (κ1) is 18.5. The average molecular weight is 392 g/mol. The highest BCUT2D eigenvalue weighted by Crippen LogP contribution is 2.29. The van der Waals surface area contributed by atoms with Crippen LogP contribution in [0.5, 0.6) is 0 Å². The van der Waals surface area contributed by atoms with Crippen LogP contribution in [0.15, 0.2) is 47.4 Å². The molecule has 0 amide bonds. The highest BCUT2D eigenvalue weighted by atomic mass is 35.5. The number of benzene rings is 2. The van der Waals surface area contributed by atoms with Gasteiger partial charge in [-0.05, 0) is 31.2 Å². The zero-order valence-electron chi connectivity index (χ0n) is 13.6. The van der Waals surface area contributed by atoms with Crippen molar-refractivity contribution in [1.29, 1.82) is 0 Å². The lowest BCUT2D eigenvalue weighted by Crippen LogP contribution is -2.25. The summed E-state index contributed by atoms with van der Waals surface area (Å²) in [5, 5.41) is -0.492. The van der Waals surface area contributed by atoms with Crippen LogP contribution in [0.1, 0.15) is 17.4 Å². The molecule has 0 N–H and O–H groups in total. The van der Waals surface area contributed by atoms with Gasteiger partial charge < -0.3 is 4.74 Å². The van der Waals surface area contributed by atoms with Crippen LogP contribution >= 0.6 is 11.6 Å². The van der Waals surface area contributed by atoms with Crippen LogP contribution in [0.3, 0.4) is 0 Å². The average Bonchev–Trinajstić information content (AvgIpc) is 2.93. The first-order chi connectivity index (χ1) is 12.3. The summed E-state index contributed by atoms with van der Waals surface area (Å²) >= 11 is 5.79. The van der Waals surface area contributed by atoms with Gasteiger partial charge in [-0.1, -0.05) is 35.3 Å². The van der Waals surface area contributed by atoms with Crippen LogP contribution in [0.4, 0.5) is 4.39 Å². The normalized spacial score (nSPS) is 11.7. The summed E-state index contributed by atoms with van der Waals surface area (Å²) in [6.45, 7) is 1.55. The van der Waals surface area contributed by atoms with Crippen LogP contribution in [-0.4, -0.2) is 32.8 Å². The minimum Gasteiger partial charge on any atom is -0.461 e. The van der Waals surface area contributed by atoms with Crippen molar-refractivity contribution in [2.24, 2.45) is 0 Å². The number of aromatic nitrogens is 1. The van der Waals surface area contributed by atoms with Crippen LogP contribution in [-0.2, 0) is 14.8 Å². The van der Waals surface area contributed by atoms with Crippen LogP contribution in [0.2, 0.25) is 5.02 Å². The Hall–Kier alpha value is -2.32. The summed E-state index contributed by atoms with van der Waals surface area (Å²) in [4.78, 5) is 12.3. The smallest absolute Gasteiger partial charge is 0.355 e. The van der Waals surface area contributed by atoms with E-state index in [2.05, 4.69) is 0 Å². The van der Waals surface area contributed by atoms with E-state index in [1.807, 2.05) is 0 Å². The van der Waals surface area contributed by atoms with Gasteiger partial charge in [0.05, 0.1) is 22.0 Å². The minimum atomic E-state index is -4.24. The van der Waals surface area contributed by atoms with E-state index in [9.17, 15) is 17.6 Å². The molecule has 0 atom stereocenters. The zero-order valence-corrected chi connectivity index (χ0v) is 15.1. The van der Waals surface area contributed by atoms with E-state index in [0.717, 1.165) is 0 Å². The predicted octanol–water partition coefficient (Wildman–Crippen LogP) is 2.64. The fraction of sp³-hybridized carbons (Fsp3) is 0.118. The number of fused-ring (bicyclic) bond motifs is 1. The van der Waals surface area contributed by atoms with Crippen LogP contribution in [0, 0.1) is 5.82 Å². The van der Waals surface area contributed by atoms with Crippen molar-refractivity contribution >= 4 is 51.8 Å². The summed E-state index contributed by atoms with van der Waals surface area (Å²) in [5.74, 6) is -1.88. The SMILES string of the molecule is [B]c1c(C(=O)OCC)n(S(=O)(=O)c2ccccc2)c2ccc(Cl)c(F)c12. The molecule has 0 aliphatic carbocycles. The second-order valence-corrected chi connectivity index (χ2v) is 7.51. The van der Waals surface area contributed by atoms with Crippen molar-refractivity contribution in [1.82, 2.24) is 3.97 Å². The second kappa shape index (κ2) is 6.77. The molecule has 1 heterocycles. The fourth-order valence-corrected chi connectivity index (χ4v) is 4.35. The maximum absolute atomic E-state index is 14.5. The molecule has 2 aromatic carbocycles. The van der Waals surface area contributed by atoms with Crippen LogP contribution in [0.25, 0.3) is 10.9 Å². The van der Waals surface area contributed by atoms with Crippen molar-refractivity contribution in [3.63, 3.8) is 0 Å². The molecule has 0 spiro atoms. The van der Waals surface area contributed by atoms with E-state index in [-0.39, 0.29) is 32.9 Å². The van der Waals surface area contributed by atoms with E-state index < -0.39 is 27.5 Å². The molecule has 0 fully saturated rings. The fourth-order valence-electron chi connectivity index (χ4n) is 2.65. The summed E-state index contributed by atoms with van der Waals surface area (Å²) in [5.41, 5.74) is -0.916. The summed E-state index contributed by atoms with van der Waals surface area (Å²) in [7, 11) is 1.69. The zero-order chi connectivity index (χ0) is 19.1. The van der Waals surface area contributed by atoms with Gasteiger partial charge in [-0.15, -0.1) is 0 Å². The highest BCUT2D eigenvalue weighted by Gasteiger charge is 2.31. The van der Waals surface area contributed by atoms with Gasteiger partial charge >= 0.3 is 5.97 Å². The lowest BCUT2D eigenvalue weighted by atomic mass is 9.92. The standard InChI is InChI=1S/C17H12BClFNO4S/c1-2-25-17(22)16-14(18)13-12(9-8-11(19)15(13)20)21(16)26(23,24)10-6-4-3-5-7-10/h3-9H,2H2,1H3. The molecule has 3 rings (SSSR count). The van der Waals surface area contributed by atoms with Crippen molar-refractivity contribution in [2.45, 2.75) is 11.8 Å². The molecule has 0 aliphatic heterocycles. The molecule has 0 saturated heterocycles. The van der Waals surface area contributed by atoms with Gasteiger partial charge in [0.2, 0.25) is 0 Å². The van der Waals surface area contributed by atoms with Crippen molar-refractivity contribution < 1.29 is 22.3 Å². The number of esters is 1. The number of hydrogen-bond acceptors (Lipinski definition) is 4. The van der Waals surface area contributed by atoms with Gasteiger partial charge in [0.15, 0.2) is 5.82 Å². The number of rotatable bonds is 4. The molecule has 2 radical (unpaired) electrons. The molecule has 26 heavy (non-hydrogen) atoms. The molecule has 0 bridgehead atoms. The minimum absolute atomic E-state index is 0.00553. The second-order valence-electron chi connectivity index (χ2n) is 5.32. The molecular weight excluding hydrogens is 380 g/mol. The van der Waals surface area contributed by atoms with E-state index in [0.29, 0.717) is 3.97 Å². The third kappa shape index (κ3) is 2.79. The molecule has 0 unspecified atom stereocenters. The Kier molecular flexibility index (Phi) is 4.81. The van der Waals surface area contributed by atoms with Crippen molar-refractivity contribution in [3.05, 3.63) is 59.0 Å². The van der Waals surface area contributed by atoms with Crippen LogP contribution < -0.4 is 5.46 Å².